The first-order chi connectivity index (χ1) is 10.9. The maximum absolute atomic E-state index is 12.4. The maximum atomic E-state index is 12.4. The van der Waals surface area contributed by atoms with Crippen molar-refractivity contribution in [2.75, 3.05) is 0 Å². The lowest BCUT2D eigenvalue weighted by molar-refractivity contribution is -0.274. The number of ether oxygens (including phenoxy) is 1. The third-order valence-electron chi connectivity index (χ3n) is 4.07. The van der Waals surface area contributed by atoms with E-state index in [-0.39, 0.29) is 12.3 Å². The van der Waals surface area contributed by atoms with Crippen molar-refractivity contribution in [2.45, 2.75) is 44.6 Å². The van der Waals surface area contributed by atoms with Gasteiger partial charge in [-0.15, -0.1) is 13.2 Å². The monoisotopic (exact) mass is 325 g/mol. The summed E-state index contributed by atoms with van der Waals surface area (Å²) in [4.78, 5) is 0. The van der Waals surface area contributed by atoms with Crippen LogP contribution in [0.15, 0.2) is 30.6 Å². The van der Waals surface area contributed by atoms with Crippen LogP contribution in [0.2, 0.25) is 0 Å². The van der Waals surface area contributed by atoms with Gasteiger partial charge in [-0.05, 0) is 42.2 Å². The number of halogens is 3. The summed E-state index contributed by atoms with van der Waals surface area (Å²) < 4.78 is 43.3. The Bertz CT molecular complexity index is 675. The predicted molar refractivity (Wildman–Crippen MR) is 79.7 cm³/mol. The van der Waals surface area contributed by atoms with Gasteiger partial charge in [0.15, 0.2) is 0 Å². The maximum Gasteiger partial charge on any atom is 0.573 e. The second-order valence-electron chi connectivity index (χ2n) is 5.76. The fourth-order valence-corrected chi connectivity index (χ4v) is 2.99. The second-order valence-corrected chi connectivity index (χ2v) is 5.76. The van der Waals surface area contributed by atoms with Crippen molar-refractivity contribution in [3.05, 3.63) is 36.2 Å². The molecule has 0 bridgehead atoms. The van der Waals surface area contributed by atoms with E-state index < -0.39 is 6.36 Å². The van der Waals surface area contributed by atoms with Gasteiger partial charge in [-0.25, -0.2) is 0 Å². The molecule has 0 spiro atoms. The molecule has 2 aromatic rings. The topological polar surface area (TPSA) is 53.1 Å². The highest BCUT2D eigenvalue weighted by atomic mass is 19.4. The minimum atomic E-state index is -4.72. The number of rotatable bonds is 4. The Morgan fingerprint density at radius 3 is 2.57 bits per heavy atom. The third kappa shape index (κ3) is 3.85. The van der Waals surface area contributed by atoms with Crippen molar-refractivity contribution in [1.82, 2.24) is 9.78 Å². The largest absolute Gasteiger partial charge is 0.573 e. The molecule has 1 heterocycles. The number of nitrogens with zero attached hydrogens (tertiary/aromatic N) is 2. The third-order valence-corrected chi connectivity index (χ3v) is 4.07. The Morgan fingerprint density at radius 1 is 1.17 bits per heavy atom. The molecule has 2 N–H and O–H groups in total. The molecule has 23 heavy (non-hydrogen) atoms. The highest BCUT2D eigenvalue weighted by Crippen LogP contribution is 2.32. The van der Waals surface area contributed by atoms with Gasteiger partial charge in [0.1, 0.15) is 5.75 Å². The molecule has 4 nitrogen and oxygen atoms in total. The van der Waals surface area contributed by atoms with Gasteiger partial charge in [-0.2, -0.15) is 5.10 Å². The average molecular weight is 325 g/mol. The summed E-state index contributed by atoms with van der Waals surface area (Å²) in [5, 5.41) is 4.36. The molecule has 1 aliphatic carbocycles. The predicted octanol–water partition coefficient (Wildman–Crippen LogP) is 4.02. The lowest BCUT2D eigenvalue weighted by Crippen LogP contribution is -2.17. The molecule has 0 atom stereocenters. The first-order valence-corrected chi connectivity index (χ1v) is 7.59. The van der Waals surface area contributed by atoms with Crippen molar-refractivity contribution in [1.29, 1.82) is 0 Å². The van der Waals surface area contributed by atoms with E-state index in [0.29, 0.717) is 17.2 Å². The molecule has 3 rings (SSSR count). The highest BCUT2D eigenvalue weighted by Gasteiger charge is 2.31. The van der Waals surface area contributed by atoms with Crippen LogP contribution in [-0.2, 0) is 6.54 Å². The molecule has 7 heteroatoms. The van der Waals surface area contributed by atoms with Crippen LogP contribution >= 0.6 is 0 Å². The van der Waals surface area contributed by atoms with Crippen molar-refractivity contribution in [3.8, 4) is 16.9 Å². The first kappa shape index (κ1) is 15.9. The fourth-order valence-electron chi connectivity index (χ4n) is 2.99. The smallest absolute Gasteiger partial charge is 0.406 e. The standard InChI is InChI=1S/C16H18F3N3O/c17-16(18,19)23-15-6-11(8-20)5-12(7-15)13-9-21-22(10-13)14-3-1-2-4-14/h5-7,9-10,14H,1-4,8,20H2. The van der Waals surface area contributed by atoms with Gasteiger partial charge in [-0.1, -0.05) is 12.8 Å². The SMILES string of the molecule is NCc1cc(OC(F)(F)F)cc(-c2cnn(C3CCCC3)c2)c1. The van der Waals surface area contributed by atoms with Crippen molar-refractivity contribution >= 4 is 0 Å². The van der Waals surface area contributed by atoms with E-state index in [2.05, 4.69) is 9.84 Å². The van der Waals surface area contributed by atoms with Crippen LogP contribution in [0.1, 0.15) is 37.3 Å². The zero-order valence-corrected chi connectivity index (χ0v) is 12.5. The molecule has 0 radical (unpaired) electrons. The quantitative estimate of drug-likeness (QED) is 0.923. The van der Waals surface area contributed by atoms with E-state index in [1.807, 2.05) is 10.9 Å². The summed E-state index contributed by atoms with van der Waals surface area (Å²) in [6.07, 6.45) is 3.38. The summed E-state index contributed by atoms with van der Waals surface area (Å²) >= 11 is 0. The van der Waals surface area contributed by atoms with Crippen LogP contribution in [0.5, 0.6) is 5.75 Å². The van der Waals surface area contributed by atoms with Crippen LogP contribution in [0.4, 0.5) is 13.2 Å². The number of aromatic nitrogens is 2. The van der Waals surface area contributed by atoms with E-state index >= 15 is 0 Å². The molecule has 0 saturated heterocycles. The van der Waals surface area contributed by atoms with Gasteiger partial charge in [0, 0.05) is 18.3 Å². The summed E-state index contributed by atoms with van der Waals surface area (Å²) in [5.41, 5.74) is 7.54. The Morgan fingerprint density at radius 2 is 1.91 bits per heavy atom. The highest BCUT2D eigenvalue weighted by molar-refractivity contribution is 5.65. The van der Waals surface area contributed by atoms with Gasteiger partial charge < -0.3 is 10.5 Å². The Kier molecular flexibility index (Phi) is 4.30. The lowest BCUT2D eigenvalue weighted by Gasteiger charge is -2.12. The van der Waals surface area contributed by atoms with E-state index in [1.165, 1.54) is 25.0 Å². The van der Waals surface area contributed by atoms with E-state index in [0.717, 1.165) is 18.4 Å². The first-order valence-electron chi connectivity index (χ1n) is 7.59. The van der Waals surface area contributed by atoms with E-state index in [4.69, 9.17) is 5.73 Å². The lowest BCUT2D eigenvalue weighted by atomic mass is 10.1. The second kappa shape index (κ2) is 6.23. The molecule has 0 amide bonds. The molecular weight excluding hydrogens is 307 g/mol. The summed E-state index contributed by atoms with van der Waals surface area (Å²) in [5.74, 6) is -0.260. The average Bonchev–Trinajstić information content (AvgIpc) is 3.15. The Hall–Kier alpha value is -2.02. The van der Waals surface area contributed by atoms with Crippen LogP contribution in [-0.4, -0.2) is 16.1 Å². The zero-order chi connectivity index (χ0) is 16.4. The van der Waals surface area contributed by atoms with E-state index in [9.17, 15) is 13.2 Å². The van der Waals surface area contributed by atoms with E-state index in [1.54, 1.807) is 12.3 Å². The number of nitrogens with two attached hydrogens (primary N) is 1. The molecule has 0 aliphatic heterocycles. The number of benzene rings is 1. The molecule has 1 aromatic carbocycles. The van der Waals surface area contributed by atoms with Gasteiger partial charge >= 0.3 is 6.36 Å². The molecule has 0 unspecified atom stereocenters. The molecule has 1 aliphatic rings. The Balaban J connectivity index is 1.90. The van der Waals surface area contributed by atoms with Gasteiger partial charge in [-0.3, -0.25) is 4.68 Å². The van der Waals surface area contributed by atoms with Gasteiger partial charge in [0.25, 0.3) is 0 Å². The zero-order valence-electron chi connectivity index (χ0n) is 12.5. The van der Waals surface area contributed by atoms with Crippen LogP contribution in [0, 0.1) is 0 Å². The molecule has 1 aromatic heterocycles. The fraction of sp³-hybridized carbons (Fsp3) is 0.438. The minimum absolute atomic E-state index is 0.138. The molecule has 1 fully saturated rings. The van der Waals surface area contributed by atoms with Crippen molar-refractivity contribution in [2.24, 2.45) is 5.73 Å². The summed E-state index contributed by atoms with van der Waals surface area (Å²) in [7, 11) is 0. The number of hydrogen-bond donors (Lipinski definition) is 1. The number of hydrogen-bond acceptors (Lipinski definition) is 3. The Labute approximate surface area is 132 Å². The minimum Gasteiger partial charge on any atom is -0.406 e. The summed E-state index contributed by atoms with van der Waals surface area (Å²) in [6.45, 7) is 0.138. The molecule has 1 saturated carbocycles. The normalized spacial score (nSPS) is 16.0. The van der Waals surface area contributed by atoms with Crippen LogP contribution in [0.3, 0.4) is 0 Å². The number of alkyl halides is 3. The molecular formula is C16H18F3N3O. The summed E-state index contributed by atoms with van der Waals surface area (Å²) in [6, 6.07) is 4.81. The van der Waals surface area contributed by atoms with Crippen LogP contribution in [0.25, 0.3) is 11.1 Å². The molecule has 124 valence electrons. The van der Waals surface area contributed by atoms with Gasteiger partial charge in [0.05, 0.1) is 12.2 Å². The van der Waals surface area contributed by atoms with Gasteiger partial charge in [0.2, 0.25) is 0 Å². The van der Waals surface area contributed by atoms with Crippen LogP contribution < -0.4 is 10.5 Å². The van der Waals surface area contributed by atoms with Crippen molar-refractivity contribution in [3.63, 3.8) is 0 Å². The van der Waals surface area contributed by atoms with Crippen molar-refractivity contribution < 1.29 is 17.9 Å².